The van der Waals surface area contributed by atoms with Crippen LogP contribution in [-0.4, -0.2) is 24.0 Å². The van der Waals surface area contributed by atoms with Crippen molar-refractivity contribution in [3.05, 3.63) is 35.7 Å². The van der Waals surface area contributed by atoms with Crippen molar-refractivity contribution in [2.45, 2.75) is 6.42 Å². The number of ether oxygens (including phenoxy) is 1. The Balaban J connectivity index is 2.78. The van der Waals surface area contributed by atoms with E-state index in [0.717, 1.165) is 0 Å². The highest BCUT2D eigenvalue weighted by Crippen LogP contribution is 2.03. The molecule has 0 aliphatic rings. The summed E-state index contributed by atoms with van der Waals surface area (Å²) in [6.07, 6.45) is 1.74. The van der Waals surface area contributed by atoms with Crippen LogP contribution in [-0.2, 0) is 20.7 Å². The van der Waals surface area contributed by atoms with Gasteiger partial charge in [0.1, 0.15) is 11.5 Å². The monoisotopic (exact) mass is 191 g/mol. The quantitative estimate of drug-likeness (QED) is 0.398. The van der Waals surface area contributed by atoms with E-state index in [9.17, 15) is 9.59 Å². The molecule has 1 heterocycles. The SMILES string of the molecule is COC(=O)C(=C=O)Cc1ccccn1. The van der Waals surface area contributed by atoms with Crippen molar-refractivity contribution < 1.29 is 14.3 Å². The summed E-state index contributed by atoms with van der Waals surface area (Å²) in [5, 5.41) is 0. The Bertz CT molecular complexity index is 366. The van der Waals surface area contributed by atoms with Gasteiger partial charge in [-0.05, 0) is 12.1 Å². The van der Waals surface area contributed by atoms with E-state index in [-0.39, 0.29) is 12.0 Å². The van der Waals surface area contributed by atoms with Crippen LogP contribution in [0, 0.1) is 0 Å². The van der Waals surface area contributed by atoms with Crippen molar-refractivity contribution in [1.29, 1.82) is 0 Å². The molecule has 0 fully saturated rings. The third kappa shape index (κ3) is 2.54. The van der Waals surface area contributed by atoms with Gasteiger partial charge in [-0.3, -0.25) is 4.98 Å². The van der Waals surface area contributed by atoms with Gasteiger partial charge in [0.25, 0.3) is 0 Å². The molecule has 0 amide bonds. The summed E-state index contributed by atoms with van der Waals surface area (Å²) >= 11 is 0. The molecule has 0 radical (unpaired) electrons. The topological polar surface area (TPSA) is 56.3 Å². The molecule has 0 spiro atoms. The van der Waals surface area contributed by atoms with Crippen LogP contribution < -0.4 is 0 Å². The van der Waals surface area contributed by atoms with Gasteiger partial charge in [0, 0.05) is 18.3 Å². The smallest absolute Gasteiger partial charge is 0.345 e. The van der Waals surface area contributed by atoms with E-state index in [1.807, 2.05) is 0 Å². The summed E-state index contributed by atoms with van der Waals surface area (Å²) in [7, 11) is 1.22. The normalized spacial score (nSPS) is 8.93. The van der Waals surface area contributed by atoms with E-state index < -0.39 is 5.97 Å². The molecule has 0 bridgehead atoms. The first-order valence-corrected chi connectivity index (χ1v) is 4.00. The Morgan fingerprint density at radius 3 is 2.86 bits per heavy atom. The second-order valence-corrected chi connectivity index (χ2v) is 2.57. The van der Waals surface area contributed by atoms with Crippen molar-refractivity contribution in [2.24, 2.45) is 0 Å². The fourth-order valence-corrected chi connectivity index (χ4v) is 0.957. The fourth-order valence-electron chi connectivity index (χ4n) is 0.957. The van der Waals surface area contributed by atoms with Gasteiger partial charge < -0.3 is 4.74 Å². The lowest BCUT2D eigenvalue weighted by Gasteiger charge is -1.99. The van der Waals surface area contributed by atoms with Crippen molar-refractivity contribution in [2.75, 3.05) is 7.11 Å². The Morgan fingerprint density at radius 1 is 1.57 bits per heavy atom. The van der Waals surface area contributed by atoms with Crippen LogP contribution in [0.3, 0.4) is 0 Å². The van der Waals surface area contributed by atoms with Crippen LogP contribution >= 0.6 is 0 Å². The highest BCUT2D eigenvalue weighted by atomic mass is 16.5. The zero-order valence-electron chi connectivity index (χ0n) is 7.69. The largest absolute Gasteiger partial charge is 0.465 e. The number of aromatic nitrogens is 1. The molecule has 0 aliphatic heterocycles. The predicted octanol–water partition coefficient (Wildman–Crippen LogP) is 0.555. The van der Waals surface area contributed by atoms with Crippen LogP contribution in [0.25, 0.3) is 0 Å². The third-order valence-corrected chi connectivity index (χ3v) is 1.64. The molecule has 0 aromatic carbocycles. The summed E-state index contributed by atoms with van der Waals surface area (Å²) in [4.78, 5) is 25.4. The van der Waals surface area contributed by atoms with Gasteiger partial charge in [0.2, 0.25) is 0 Å². The lowest BCUT2D eigenvalue weighted by molar-refractivity contribution is -0.136. The molecule has 0 atom stereocenters. The Kier molecular flexibility index (Phi) is 3.58. The second-order valence-electron chi connectivity index (χ2n) is 2.57. The molecule has 0 unspecified atom stereocenters. The molecule has 4 heteroatoms. The predicted molar refractivity (Wildman–Crippen MR) is 49.2 cm³/mol. The minimum absolute atomic E-state index is 0.0498. The first-order chi connectivity index (χ1) is 6.77. The summed E-state index contributed by atoms with van der Waals surface area (Å²) in [6, 6.07) is 5.26. The highest BCUT2D eigenvalue weighted by molar-refractivity contribution is 5.97. The maximum Gasteiger partial charge on any atom is 0.345 e. The molecule has 0 saturated carbocycles. The fraction of sp³-hybridized carbons (Fsp3) is 0.200. The number of methoxy groups -OCH3 is 1. The zero-order valence-corrected chi connectivity index (χ0v) is 7.69. The van der Waals surface area contributed by atoms with Crippen LogP contribution in [0.1, 0.15) is 5.69 Å². The minimum atomic E-state index is -0.661. The van der Waals surface area contributed by atoms with E-state index in [1.54, 1.807) is 30.3 Å². The van der Waals surface area contributed by atoms with Gasteiger partial charge in [-0.1, -0.05) is 6.07 Å². The molecule has 1 rings (SSSR count). The van der Waals surface area contributed by atoms with E-state index in [4.69, 9.17) is 0 Å². The first-order valence-electron chi connectivity index (χ1n) is 4.00. The van der Waals surface area contributed by atoms with Gasteiger partial charge >= 0.3 is 5.97 Å². The van der Waals surface area contributed by atoms with Gasteiger partial charge in [0.05, 0.1) is 7.11 Å². The van der Waals surface area contributed by atoms with E-state index in [1.165, 1.54) is 7.11 Å². The maximum absolute atomic E-state index is 11.0. The van der Waals surface area contributed by atoms with Crippen molar-refractivity contribution in [3.8, 4) is 0 Å². The van der Waals surface area contributed by atoms with Gasteiger partial charge in [-0.2, -0.15) is 0 Å². The maximum atomic E-state index is 11.0. The molecular weight excluding hydrogens is 182 g/mol. The first kappa shape index (κ1) is 10.2. The second kappa shape index (κ2) is 4.94. The number of nitrogens with zero attached hydrogens (tertiary/aromatic N) is 1. The molecule has 0 saturated heterocycles. The highest BCUT2D eigenvalue weighted by Gasteiger charge is 2.11. The molecule has 0 N–H and O–H groups in total. The number of carbonyl (C=O) groups excluding carboxylic acids is 2. The number of hydrogen-bond donors (Lipinski definition) is 0. The van der Waals surface area contributed by atoms with Crippen LogP contribution in [0.4, 0.5) is 0 Å². The molecule has 14 heavy (non-hydrogen) atoms. The number of rotatable bonds is 3. The molecule has 72 valence electrons. The van der Waals surface area contributed by atoms with Crippen LogP contribution in [0.5, 0.6) is 0 Å². The summed E-state index contributed by atoms with van der Waals surface area (Å²) in [6.45, 7) is 0. The van der Waals surface area contributed by atoms with Gasteiger partial charge in [0.15, 0.2) is 0 Å². The molecule has 4 nitrogen and oxygen atoms in total. The number of hydrogen-bond acceptors (Lipinski definition) is 4. The van der Waals surface area contributed by atoms with E-state index in [0.29, 0.717) is 5.69 Å². The lowest BCUT2D eigenvalue weighted by atomic mass is 10.1. The molecule has 0 aliphatic carbocycles. The third-order valence-electron chi connectivity index (χ3n) is 1.64. The standard InChI is InChI=1S/C10H9NO3/c1-14-10(13)8(7-12)6-9-4-2-3-5-11-9/h2-5H,6H2,1H3. The summed E-state index contributed by atoms with van der Waals surface area (Å²) < 4.78 is 4.41. The van der Waals surface area contributed by atoms with Crippen LogP contribution in [0.15, 0.2) is 30.0 Å². The van der Waals surface area contributed by atoms with Crippen molar-refractivity contribution >= 4 is 11.9 Å². The van der Waals surface area contributed by atoms with E-state index >= 15 is 0 Å². The average molecular weight is 191 g/mol. The Labute approximate surface area is 81.2 Å². The van der Waals surface area contributed by atoms with Gasteiger partial charge in [-0.25, -0.2) is 9.59 Å². The van der Waals surface area contributed by atoms with E-state index in [2.05, 4.69) is 9.72 Å². The number of carbonyl (C=O) groups is 1. The molecule has 1 aromatic rings. The average Bonchev–Trinajstić information content (AvgIpc) is 2.26. The lowest BCUT2D eigenvalue weighted by Crippen LogP contribution is -2.08. The molecule has 1 aromatic heterocycles. The minimum Gasteiger partial charge on any atom is -0.465 e. The van der Waals surface area contributed by atoms with Crippen molar-refractivity contribution in [3.63, 3.8) is 0 Å². The van der Waals surface area contributed by atoms with Gasteiger partial charge in [-0.15, -0.1) is 0 Å². The summed E-state index contributed by atoms with van der Waals surface area (Å²) in [5.74, 6) is 0.892. The molecular formula is C10H9NO3. The summed E-state index contributed by atoms with van der Waals surface area (Å²) in [5.41, 5.74) is 0.586. The number of esters is 1. The Hall–Kier alpha value is -1.93. The Morgan fingerprint density at radius 2 is 2.36 bits per heavy atom. The zero-order chi connectivity index (χ0) is 10.4. The van der Waals surface area contributed by atoms with Crippen LogP contribution in [0.2, 0.25) is 0 Å². The van der Waals surface area contributed by atoms with Crippen molar-refractivity contribution in [1.82, 2.24) is 4.98 Å². The number of pyridine rings is 1.